The van der Waals surface area contributed by atoms with Gasteiger partial charge in [0.25, 0.3) is 0 Å². The lowest BCUT2D eigenvalue weighted by molar-refractivity contribution is -0.139. The first kappa shape index (κ1) is 17.4. The topological polar surface area (TPSA) is 69.6 Å². The molecule has 1 aromatic carbocycles. The molecule has 0 bridgehead atoms. The Morgan fingerprint density at radius 2 is 2.05 bits per heavy atom. The molecule has 2 N–H and O–H groups in total. The van der Waals surface area contributed by atoms with Gasteiger partial charge in [-0.2, -0.15) is 11.8 Å². The van der Waals surface area contributed by atoms with Gasteiger partial charge >= 0.3 is 12.0 Å². The van der Waals surface area contributed by atoms with Crippen LogP contribution in [0.4, 0.5) is 10.5 Å². The molecule has 0 aliphatic heterocycles. The number of aliphatic carboxylic acids is 1. The maximum Gasteiger partial charge on any atom is 0.326 e. The van der Waals surface area contributed by atoms with Crippen molar-refractivity contribution in [1.82, 2.24) is 5.32 Å². The minimum absolute atomic E-state index is 0.375. The van der Waals surface area contributed by atoms with Crippen LogP contribution in [0.15, 0.2) is 24.3 Å². The fourth-order valence-electron chi connectivity index (χ4n) is 2.01. The standard InChI is InChI=1S/C15H22N2O3S/c1-4-17(13-8-6-5-7-11(13)2)15(20)16-12(14(18)19)9-10-21-3/h5-8,12H,4,9-10H2,1-3H3,(H,16,20)(H,18,19)/t12-/m0/s1. The van der Waals surface area contributed by atoms with Crippen LogP contribution in [0, 0.1) is 6.92 Å². The maximum atomic E-state index is 12.3. The maximum absolute atomic E-state index is 12.3. The molecule has 2 amide bonds. The molecule has 6 heteroatoms. The van der Waals surface area contributed by atoms with Gasteiger partial charge in [-0.05, 0) is 43.9 Å². The Labute approximate surface area is 129 Å². The third kappa shape index (κ3) is 4.97. The van der Waals surface area contributed by atoms with E-state index in [0.29, 0.717) is 18.7 Å². The average molecular weight is 310 g/mol. The largest absolute Gasteiger partial charge is 0.480 e. The van der Waals surface area contributed by atoms with Crippen LogP contribution in [-0.2, 0) is 4.79 Å². The number of nitrogens with one attached hydrogen (secondary N) is 1. The first-order valence-corrected chi connectivity index (χ1v) is 8.26. The zero-order valence-electron chi connectivity index (χ0n) is 12.6. The fraction of sp³-hybridized carbons (Fsp3) is 0.467. The van der Waals surface area contributed by atoms with Crippen LogP contribution in [-0.4, -0.2) is 41.7 Å². The molecular weight excluding hydrogens is 288 g/mol. The molecule has 1 rings (SSSR count). The Morgan fingerprint density at radius 1 is 1.38 bits per heavy atom. The van der Waals surface area contributed by atoms with Crippen molar-refractivity contribution in [3.05, 3.63) is 29.8 Å². The molecule has 0 saturated carbocycles. The van der Waals surface area contributed by atoms with Gasteiger partial charge in [-0.25, -0.2) is 9.59 Å². The van der Waals surface area contributed by atoms with Crippen LogP contribution in [0.3, 0.4) is 0 Å². The average Bonchev–Trinajstić information content (AvgIpc) is 2.45. The summed E-state index contributed by atoms with van der Waals surface area (Å²) in [5.74, 6) is -0.313. The van der Waals surface area contributed by atoms with Crippen LogP contribution in [0.2, 0.25) is 0 Å². The Bertz CT molecular complexity index is 494. The zero-order valence-corrected chi connectivity index (χ0v) is 13.4. The van der Waals surface area contributed by atoms with Crippen LogP contribution in [0.5, 0.6) is 0 Å². The van der Waals surface area contributed by atoms with Crippen molar-refractivity contribution in [3.8, 4) is 0 Å². The molecule has 0 aliphatic carbocycles. The summed E-state index contributed by atoms with van der Waals surface area (Å²) < 4.78 is 0. The fourth-order valence-corrected chi connectivity index (χ4v) is 2.48. The van der Waals surface area contributed by atoms with E-state index in [1.807, 2.05) is 44.4 Å². The van der Waals surface area contributed by atoms with E-state index < -0.39 is 12.0 Å². The Kier molecular flexibility index (Phi) is 7.08. The molecule has 0 aromatic heterocycles. The minimum atomic E-state index is -1.00. The minimum Gasteiger partial charge on any atom is -0.480 e. The number of aryl methyl sites for hydroxylation is 1. The van der Waals surface area contributed by atoms with Crippen LogP contribution in [0.25, 0.3) is 0 Å². The highest BCUT2D eigenvalue weighted by atomic mass is 32.2. The molecule has 0 unspecified atom stereocenters. The van der Waals surface area contributed by atoms with Gasteiger partial charge < -0.3 is 10.4 Å². The van der Waals surface area contributed by atoms with Gasteiger partial charge in [-0.15, -0.1) is 0 Å². The van der Waals surface area contributed by atoms with E-state index in [1.165, 1.54) is 0 Å². The number of carboxylic acids is 1. The number of thioether (sulfide) groups is 1. The summed E-state index contributed by atoms with van der Waals surface area (Å²) in [4.78, 5) is 25.1. The predicted molar refractivity (Wildman–Crippen MR) is 87.2 cm³/mol. The second-order valence-corrected chi connectivity index (χ2v) is 5.64. The van der Waals surface area contributed by atoms with Crippen LogP contribution < -0.4 is 10.2 Å². The smallest absolute Gasteiger partial charge is 0.326 e. The molecule has 1 atom stereocenters. The van der Waals surface area contributed by atoms with Crippen molar-refractivity contribution in [2.45, 2.75) is 26.3 Å². The number of carbonyl (C=O) groups excluding carboxylic acids is 1. The quantitative estimate of drug-likeness (QED) is 0.812. The molecular formula is C15H22N2O3S. The lowest BCUT2D eigenvalue weighted by Gasteiger charge is -2.25. The number of urea groups is 1. The van der Waals surface area contributed by atoms with E-state index in [4.69, 9.17) is 0 Å². The van der Waals surface area contributed by atoms with Crippen molar-refractivity contribution in [1.29, 1.82) is 0 Å². The molecule has 21 heavy (non-hydrogen) atoms. The van der Waals surface area contributed by atoms with E-state index in [1.54, 1.807) is 16.7 Å². The van der Waals surface area contributed by atoms with Gasteiger partial charge in [-0.3, -0.25) is 4.90 Å². The number of nitrogens with zero attached hydrogens (tertiary/aromatic N) is 1. The Hall–Kier alpha value is -1.69. The number of amides is 2. The van der Waals surface area contributed by atoms with Crippen molar-refractivity contribution in [2.75, 3.05) is 23.5 Å². The van der Waals surface area contributed by atoms with Gasteiger partial charge in [0, 0.05) is 12.2 Å². The van der Waals surface area contributed by atoms with Crippen LogP contribution >= 0.6 is 11.8 Å². The summed E-state index contributed by atoms with van der Waals surface area (Å²) in [6.07, 6.45) is 2.32. The molecule has 0 aliphatic rings. The predicted octanol–water partition coefficient (Wildman–Crippen LogP) is 2.74. The highest BCUT2D eigenvalue weighted by Gasteiger charge is 2.23. The van der Waals surface area contributed by atoms with Gasteiger partial charge in [0.2, 0.25) is 0 Å². The molecule has 0 radical (unpaired) electrons. The molecule has 1 aromatic rings. The van der Waals surface area contributed by atoms with Crippen molar-refractivity contribution < 1.29 is 14.7 Å². The lowest BCUT2D eigenvalue weighted by Crippen LogP contribution is -2.48. The summed E-state index contributed by atoms with van der Waals surface area (Å²) in [6.45, 7) is 4.27. The summed E-state index contributed by atoms with van der Waals surface area (Å²) >= 11 is 1.56. The normalized spacial score (nSPS) is 11.8. The van der Waals surface area contributed by atoms with Gasteiger partial charge in [0.15, 0.2) is 0 Å². The van der Waals surface area contributed by atoms with E-state index >= 15 is 0 Å². The lowest BCUT2D eigenvalue weighted by atomic mass is 10.2. The summed E-state index contributed by atoms with van der Waals surface area (Å²) in [6, 6.07) is 6.32. The number of rotatable bonds is 7. The highest BCUT2D eigenvalue weighted by molar-refractivity contribution is 7.98. The molecule has 5 nitrogen and oxygen atoms in total. The zero-order chi connectivity index (χ0) is 15.8. The number of para-hydroxylation sites is 1. The monoisotopic (exact) mass is 310 g/mol. The number of hydrogen-bond acceptors (Lipinski definition) is 3. The number of hydrogen-bond donors (Lipinski definition) is 2. The number of benzene rings is 1. The first-order chi connectivity index (χ1) is 10.0. The molecule has 0 saturated heterocycles. The molecule has 0 fully saturated rings. The number of carboxylic acid groups (broad SMARTS) is 1. The van der Waals surface area contributed by atoms with Crippen molar-refractivity contribution in [2.24, 2.45) is 0 Å². The Morgan fingerprint density at radius 3 is 2.57 bits per heavy atom. The summed E-state index contributed by atoms with van der Waals surface area (Å²) in [5.41, 5.74) is 1.77. The number of carbonyl (C=O) groups is 2. The van der Waals surface area contributed by atoms with Crippen LogP contribution in [0.1, 0.15) is 18.9 Å². The highest BCUT2D eigenvalue weighted by Crippen LogP contribution is 2.19. The SMILES string of the molecule is CCN(C(=O)N[C@@H](CCSC)C(=O)O)c1ccccc1C. The van der Waals surface area contributed by atoms with Crippen molar-refractivity contribution in [3.63, 3.8) is 0 Å². The Balaban J connectivity index is 2.83. The number of anilines is 1. The molecule has 0 heterocycles. The van der Waals surface area contributed by atoms with E-state index in [9.17, 15) is 14.7 Å². The summed E-state index contributed by atoms with van der Waals surface area (Å²) in [5, 5.41) is 11.8. The molecule has 116 valence electrons. The first-order valence-electron chi connectivity index (χ1n) is 6.86. The van der Waals surface area contributed by atoms with Gasteiger partial charge in [-0.1, -0.05) is 18.2 Å². The van der Waals surface area contributed by atoms with E-state index in [2.05, 4.69) is 5.32 Å². The van der Waals surface area contributed by atoms with Gasteiger partial charge in [0.05, 0.1) is 0 Å². The second kappa shape index (κ2) is 8.56. The second-order valence-electron chi connectivity index (χ2n) is 4.65. The third-order valence-electron chi connectivity index (χ3n) is 3.17. The van der Waals surface area contributed by atoms with E-state index in [-0.39, 0.29) is 6.03 Å². The van der Waals surface area contributed by atoms with Gasteiger partial charge in [0.1, 0.15) is 6.04 Å². The summed E-state index contributed by atoms with van der Waals surface area (Å²) in [7, 11) is 0. The van der Waals surface area contributed by atoms with E-state index in [0.717, 1.165) is 11.3 Å². The third-order valence-corrected chi connectivity index (χ3v) is 3.82. The van der Waals surface area contributed by atoms with Crippen molar-refractivity contribution >= 4 is 29.4 Å². The molecule has 0 spiro atoms.